The van der Waals surface area contributed by atoms with Gasteiger partial charge in [-0.1, -0.05) is 20.8 Å². The molecular weight excluding hydrogens is 239 g/mol. The van der Waals surface area contributed by atoms with E-state index in [1.165, 1.54) is 12.1 Å². The fraction of sp³-hybridized carbons (Fsp3) is 0.625. The third-order valence-electron chi connectivity index (χ3n) is 3.85. The highest BCUT2D eigenvalue weighted by atomic mass is 19.1. The number of anilines is 1. The summed E-state index contributed by atoms with van der Waals surface area (Å²) >= 11 is 0. The topological polar surface area (TPSA) is 15.3 Å². The van der Waals surface area contributed by atoms with Gasteiger partial charge in [0.05, 0.1) is 0 Å². The van der Waals surface area contributed by atoms with Crippen LogP contribution >= 0.6 is 0 Å². The fourth-order valence-corrected chi connectivity index (χ4v) is 2.25. The van der Waals surface area contributed by atoms with Crippen molar-refractivity contribution in [3.63, 3.8) is 0 Å². The fourth-order valence-electron chi connectivity index (χ4n) is 2.25. The van der Waals surface area contributed by atoms with Gasteiger partial charge in [0.15, 0.2) is 0 Å². The number of nitrogens with one attached hydrogen (secondary N) is 1. The van der Waals surface area contributed by atoms with Gasteiger partial charge in [0.25, 0.3) is 0 Å². The number of halogens is 1. The average molecular weight is 266 g/mol. The van der Waals surface area contributed by atoms with E-state index in [9.17, 15) is 4.39 Å². The molecule has 0 aliphatic carbocycles. The highest BCUT2D eigenvalue weighted by molar-refractivity contribution is 5.46. The largest absolute Gasteiger partial charge is 0.371 e. The first-order chi connectivity index (χ1) is 8.90. The van der Waals surface area contributed by atoms with Crippen molar-refractivity contribution in [1.29, 1.82) is 0 Å². The van der Waals surface area contributed by atoms with Gasteiger partial charge in [-0.3, -0.25) is 0 Å². The van der Waals surface area contributed by atoms with Gasteiger partial charge in [-0.25, -0.2) is 4.39 Å². The Balaban J connectivity index is 2.78. The highest BCUT2D eigenvalue weighted by Crippen LogP contribution is 2.25. The lowest BCUT2D eigenvalue weighted by molar-refractivity contribution is 0.264. The number of hydrogen-bond acceptors (Lipinski definition) is 2. The van der Waals surface area contributed by atoms with Crippen LogP contribution in [0, 0.1) is 11.2 Å². The second-order valence-electron chi connectivity index (χ2n) is 5.76. The van der Waals surface area contributed by atoms with E-state index in [2.05, 4.69) is 44.8 Å². The zero-order chi connectivity index (χ0) is 14.5. The van der Waals surface area contributed by atoms with Crippen molar-refractivity contribution < 1.29 is 4.39 Å². The predicted molar refractivity (Wildman–Crippen MR) is 81.2 cm³/mol. The smallest absolute Gasteiger partial charge is 0.123 e. The van der Waals surface area contributed by atoms with Gasteiger partial charge in [-0.15, -0.1) is 0 Å². The van der Waals surface area contributed by atoms with E-state index in [1.54, 1.807) is 0 Å². The lowest BCUT2D eigenvalue weighted by Crippen LogP contribution is -2.46. The summed E-state index contributed by atoms with van der Waals surface area (Å²) in [5, 5.41) is 3.49. The summed E-state index contributed by atoms with van der Waals surface area (Å²) in [6.07, 6.45) is 0. The molecule has 1 N–H and O–H groups in total. The second-order valence-corrected chi connectivity index (χ2v) is 5.76. The number of hydrogen-bond donors (Lipinski definition) is 1. The molecule has 0 spiro atoms. The minimum atomic E-state index is -0.180. The van der Waals surface area contributed by atoms with Crippen molar-refractivity contribution in [2.24, 2.45) is 5.41 Å². The van der Waals surface area contributed by atoms with Gasteiger partial charge in [0.1, 0.15) is 5.82 Å². The van der Waals surface area contributed by atoms with E-state index in [0.717, 1.165) is 25.3 Å². The molecule has 19 heavy (non-hydrogen) atoms. The van der Waals surface area contributed by atoms with E-state index in [0.29, 0.717) is 6.04 Å². The molecule has 0 aliphatic heterocycles. The number of nitrogens with zero attached hydrogens (tertiary/aromatic N) is 1. The maximum absolute atomic E-state index is 13.0. The summed E-state index contributed by atoms with van der Waals surface area (Å²) in [7, 11) is 0. The Morgan fingerprint density at radius 2 is 1.79 bits per heavy atom. The van der Waals surface area contributed by atoms with Crippen LogP contribution in [0.25, 0.3) is 0 Å². The predicted octanol–water partition coefficient (Wildman–Crippen LogP) is 3.68. The van der Waals surface area contributed by atoms with Gasteiger partial charge in [0.2, 0.25) is 0 Å². The molecular formula is C16H27FN2. The Kier molecular flexibility index (Phi) is 5.80. The zero-order valence-electron chi connectivity index (χ0n) is 12.8. The van der Waals surface area contributed by atoms with E-state index in [4.69, 9.17) is 0 Å². The van der Waals surface area contributed by atoms with Crippen molar-refractivity contribution in [3.05, 3.63) is 30.1 Å². The summed E-state index contributed by atoms with van der Waals surface area (Å²) < 4.78 is 13.0. The first kappa shape index (κ1) is 16.0. The van der Waals surface area contributed by atoms with Crippen molar-refractivity contribution in [1.82, 2.24) is 5.32 Å². The highest BCUT2D eigenvalue weighted by Gasteiger charge is 2.27. The monoisotopic (exact) mass is 266 g/mol. The maximum Gasteiger partial charge on any atom is 0.123 e. The van der Waals surface area contributed by atoms with Crippen molar-refractivity contribution >= 4 is 5.69 Å². The first-order valence-electron chi connectivity index (χ1n) is 7.14. The van der Waals surface area contributed by atoms with Crippen LogP contribution in [0.2, 0.25) is 0 Å². The molecule has 1 aromatic carbocycles. The van der Waals surface area contributed by atoms with Crippen molar-refractivity contribution in [3.8, 4) is 0 Å². The molecule has 1 unspecified atom stereocenters. The zero-order valence-corrected chi connectivity index (χ0v) is 12.8. The lowest BCUT2D eigenvalue weighted by Gasteiger charge is -2.38. The molecule has 0 radical (unpaired) electrons. The summed E-state index contributed by atoms with van der Waals surface area (Å²) in [5.74, 6) is -0.180. The summed E-state index contributed by atoms with van der Waals surface area (Å²) in [5.41, 5.74) is 1.24. The maximum atomic E-state index is 13.0. The molecule has 0 amide bonds. The molecule has 0 bridgehead atoms. The van der Waals surface area contributed by atoms with Crippen LogP contribution in [-0.4, -0.2) is 25.7 Å². The normalized spacial score (nSPS) is 13.4. The number of rotatable bonds is 7. The Morgan fingerprint density at radius 1 is 1.21 bits per heavy atom. The molecule has 0 saturated carbocycles. The molecule has 0 fully saturated rings. The molecule has 2 nitrogen and oxygen atoms in total. The van der Waals surface area contributed by atoms with Gasteiger partial charge >= 0.3 is 0 Å². The summed E-state index contributed by atoms with van der Waals surface area (Å²) in [4.78, 5) is 2.30. The van der Waals surface area contributed by atoms with Gasteiger partial charge in [0, 0.05) is 24.8 Å². The van der Waals surface area contributed by atoms with E-state index in [-0.39, 0.29) is 11.2 Å². The van der Waals surface area contributed by atoms with Gasteiger partial charge in [-0.05, 0) is 50.1 Å². The Labute approximate surface area is 117 Å². The quantitative estimate of drug-likeness (QED) is 0.810. The molecule has 3 heteroatoms. The molecule has 108 valence electrons. The van der Waals surface area contributed by atoms with Crippen molar-refractivity contribution in [2.45, 2.75) is 40.7 Å². The molecule has 0 aliphatic rings. The molecule has 0 heterocycles. The first-order valence-corrected chi connectivity index (χ1v) is 7.14. The van der Waals surface area contributed by atoms with Crippen LogP contribution < -0.4 is 10.2 Å². The molecule has 0 saturated heterocycles. The van der Waals surface area contributed by atoms with Crippen LogP contribution in [0.1, 0.15) is 34.6 Å². The lowest BCUT2D eigenvalue weighted by atomic mass is 9.84. The van der Waals surface area contributed by atoms with E-state index >= 15 is 0 Å². The summed E-state index contributed by atoms with van der Waals surface area (Å²) in [6, 6.07) is 7.20. The third kappa shape index (κ3) is 4.50. The van der Waals surface area contributed by atoms with Crippen LogP contribution in [0.5, 0.6) is 0 Å². The van der Waals surface area contributed by atoms with Crippen LogP contribution in [-0.2, 0) is 0 Å². The molecule has 1 atom stereocenters. The van der Waals surface area contributed by atoms with E-state index in [1.807, 2.05) is 12.1 Å². The number of benzene rings is 1. The van der Waals surface area contributed by atoms with Gasteiger partial charge in [-0.2, -0.15) is 0 Å². The van der Waals surface area contributed by atoms with Crippen LogP contribution in [0.15, 0.2) is 24.3 Å². The SMILES string of the molecule is CCNC(C)C(C)(C)CN(CC)c1ccc(F)cc1. The average Bonchev–Trinajstić information content (AvgIpc) is 2.37. The Morgan fingerprint density at radius 3 is 2.26 bits per heavy atom. The Hall–Kier alpha value is -1.09. The summed E-state index contributed by atoms with van der Waals surface area (Å²) in [6.45, 7) is 13.9. The minimum Gasteiger partial charge on any atom is -0.371 e. The Bertz CT molecular complexity index is 373. The van der Waals surface area contributed by atoms with Crippen LogP contribution in [0.3, 0.4) is 0 Å². The second kappa shape index (κ2) is 6.90. The van der Waals surface area contributed by atoms with Crippen LogP contribution in [0.4, 0.5) is 10.1 Å². The van der Waals surface area contributed by atoms with Gasteiger partial charge < -0.3 is 10.2 Å². The molecule has 0 aromatic heterocycles. The van der Waals surface area contributed by atoms with Crippen molar-refractivity contribution in [2.75, 3.05) is 24.5 Å². The van der Waals surface area contributed by atoms with E-state index < -0.39 is 0 Å². The molecule has 1 rings (SSSR count). The standard InChI is InChI=1S/C16H27FN2/c1-6-18-13(3)16(4,5)12-19(7-2)15-10-8-14(17)9-11-15/h8-11,13,18H,6-7,12H2,1-5H3. The minimum absolute atomic E-state index is 0.153. The molecule has 1 aromatic rings. The third-order valence-corrected chi connectivity index (χ3v) is 3.85.